The first-order valence-electron chi connectivity index (χ1n) is 9.22. The molecule has 1 fully saturated rings. The number of carbonyl (C=O) groups excluding carboxylic acids is 1. The third kappa shape index (κ3) is 3.62. The predicted molar refractivity (Wildman–Crippen MR) is 99.1 cm³/mol. The maximum Gasteiger partial charge on any atom is 0.288 e. The molecule has 138 valence electrons. The summed E-state index contributed by atoms with van der Waals surface area (Å²) >= 11 is 6.22. The van der Waals surface area contributed by atoms with Crippen LogP contribution in [-0.4, -0.2) is 47.3 Å². The smallest absolute Gasteiger partial charge is 0.288 e. The third-order valence-corrected chi connectivity index (χ3v) is 5.65. The number of alkyl halides is 1. The molecule has 1 aromatic carbocycles. The van der Waals surface area contributed by atoms with Crippen LogP contribution in [0, 0.1) is 0 Å². The Hall–Kier alpha value is -1.92. The van der Waals surface area contributed by atoms with E-state index in [1.807, 2.05) is 12.1 Å². The number of halogens is 1. The Morgan fingerprint density at radius 3 is 2.88 bits per heavy atom. The van der Waals surface area contributed by atoms with E-state index in [1.165, 1.54) is 43.5 Å². The fraction of sp³-hybridized carbons (Fsp3) is 0.526. The van der Waals surface area contributed by atoms with E-state index in [1.54, 1.807) is 6.20 Å². The van der Waals surface area contributed by atoms with Gasteiger partial charge in [-0.05, 0) is 37.6 Å². The van der Waals surface area contributed by atoms with Gasteiger partial charge in [0.25, 0.3) is 5.91 Å². The van der Waals surface area contributed by atoms with E-state index in [0.29, 0.717) is 25.4 Å². The van der Waals surface area contributed by atoms with Gasteiger partial charge in [0, 0.05) is 25.2 Å². The zero-order chi connectivity index (χ0) is 17.9. The lowest BCUT2D eigenvalue weighted by atomic mass is 10.1. The van der Waals surface area contributed by atoms with Gasteiger partial charge in [0.05, 0.1) is 11.9 Å². The molecule has 3 heterocycles. The SMILES string of the molecule is O=C1N=NC=C(N2Cc3cccc(OCCN4CCCCC4)c3C2)C1Cl. The van der Waals surface area contributed by atoms with Gasteiger partial charge in [0.2, 0.25) is 0 Å². The lowest BCUT2D eigenvalue weighted by Crippen LogP contribution is -2.33. The van der Waals surface area contributed by atoms with E-state index in [9.17, 15) is 4.79 Å². The Bertz CT molecular complexity index is 743. The van der Waals surface area contributed by atoms with Crippen LogP contribution < -0.4 is 4.74 Å². The Labute approximate surface area is 158 Å². The highest BCUT2D eigenvalue weighted by Crippen LogP contribution is 2.35. The average molecular weight is 375 g/mol. The van der Waals surface area contributed by atoms with Crippen LogP contribution in [-0.2, 0) is 17.9 Å². The van der Waals surface area contributed by atoms with E-state index in [2.05, 4.69) is 26.1 Å². The van der Waals surface area contributed by atoms with Gasteiger partial charge in [-0.3, -0.25) is 9.69 Å². The van der Waals surface area contributed by atoms with Crippen molar-refractivity contribution >= 4 is 17.5 Å². The lowest BCUT2D eigenvalue weighted by Gasteiger charge is -2.26. The number of rotatable bonds is 5. The molecule has 0 aromatic heterocycles. The van der Waals surface area contributed by atoms with Crippen molar-refractivity contribution in [3.63, 3.8) is 0 Å². The summed E-state index contributed by atoms with van der Waals surface area (Å²) in [6, 6.07) is 6.15. The summed E-state index contributed by atoms with van der Waals surface area (Å²) in [4.78, 5) is 16.3. The number of likely N-dealkylation sites (tertiary alicyclic amines) is 1. The Balaban J connectivity index is 1.40. The normalized spacial score (nSPS) is 23.1. The van der Waals surface area contributed by atoms with Gasteiger partial charge in [-0.1, -0.05) is 18.6 Å². The molecule has 6 nitrogen and oxygen atoms in total. The van der Waals surface area contributed by atoms with Crippen LogP contribution >= 0.6 is 11.6 Å². The summed E-state index contributed by atoms with van der Waals surface area (Å²) in [5, 5.41) is 6.52. The molecule has 1 amide bonds. The molecular weight excluding hydrogens is 352 g/mol. The minimum Gasteiger partial charge on any atom is -0.492 e. The number of carbonyl (C=O) groups is 1. The fourth-order valence-corrected chi connectivity index (χ4v) is 4.04. The van der Waals surface area contributed by atoms with Crippen molar-refractivity contribution in [1.82, 2.24) is 9.80 Å². The molecule has 1 aromatic rings. The highest BCUT2D eigenvalue weighted by atomic mass is 35.5. The van der Waals surface area contributed by atoms with Gasteiger partial charge in [0.15, 0.2) is 5.38 Å². The minimum atomic E-state index is -0.759. The van der Waals surface area contributed by atoms with Crippen LogP contribution in [0.15, 0.2) is 40.3 Å². The van der Waals surface area contributed by atoms with Gasteiger partial charge in [-0.2, -0.15) is 5.11 Å². The number of fused-ring (bicyclic) bond motifs is 1. The maximum absolute atomic E-state index is 11.7. The molecule has 0 N–H and O–H groups in total. The largest absolute Gasteiger partial charge is 0.492 e. The molecule has 1 unspecified atom stereocenters. The van der Waals surface area contributed by atoms with E-state index >= 15 is 0 Å². The number of hydrogen-bond acceptors (Lipinski definition) is 5. The number of piperidine rings is 1. The molecule has 1 atom stereocenters. The van der Waals surface area contributed by atoms with Crippen molar-refractivity contribution in [1.29, 1.82) is 0 Å². The van der Waals surface area contributed by atoms with Crippen molar-refractivity contribution in [3.8, 4) is 5.75 Å². The standard InChI is InChI=1S/C19H23ClN4O2/c20-18-16(11-21-22-19(18)25)24-12-14-5-4-6-17(15(14)13-24)26-10-9-23-7-2-1-3-8-23/h4-6,11,18H,1-3,7-10,12-13H2. The van der Waals surface area contributed by atoms with Crippen LogP contribution in [0.5, 0.6) is 5.75 Å². The van der Waals surface area contributed by atoms with Crippen LogP contribution in [0.25, 0.3) is 0 Å². The highest BCUT2D eigenvalue weighted by molar-refractivity contribution is 6.33. The van der Waals surface area contributed by atoms with E-state index in [4.69, 9.17) is 16.3 Å². The molecule has 7 heteroatoms. The molecule has 1 saturated heterocycles. The second-order valence-corrected chi connectivity index (χ2v) is 7.41. The van der Waals surface area contributed by atoms with Crippen molar-refractivity contribution in [2.45, 2.75) is 37.7 Å². The number of amides is 1. The summed E-state index contributed by atoms with van der Waals surface area (Å²) in [6.45, 7) is 5.40. The second kappa shape index (κ2) is 7.76. The molecule has 0 spiro atoms. The molecule has 4 rings (SSSR count). The van der Waals surface area contributed by atoms with Gasteiger partial charge < -0.3 is 9.64 Å². The molecule has 0 radical (unpaired) electrons. The number of ether oxygens (including phenoxy) is 1. The molecular formula is C19H23ClN4O2. The van der Waals surface area contributed by atoms with Crippen LogP contribution in [0.1, 0.15) is 30.4 Å². The zero-order valence-electron chi connectivity index (χ0n) is 14.7. The van der Waals surface area contributed by atoms with Crippen molar-refractivity contribution in [2.75, 3.05) is 26.2 Å². The maximum atomic E-state index is 11.7. The van der Waals surface area contributed by atoms with E-state index in [-0.39, 0.29) is 0 Å². The molecule has 0 aliphatic carbocycles. The van der Waals surface area contributed by atoms with Crippen LogP contribution in [0.3, 0.4) is 0 Å². The van der Waals surface area contributed by atoms with E-state index in [0.717, 1.165) is 12.3 Å². The van der Waals surface area contributed by atoms with Gasteiger partial charge in [0.1, 0.15) is 12.4 Å². The number of azo groups is 1. The average Bonchev–Trinajstić information content (AvgIpc) is 3.10. The van der Waals surface area contributed by atoms with Crippen LogP contribution in [0.4, 0.5) is 0 Å². The highest BCUT2D eigenvalue weighted by Gasteiger charge is 2.32. The predicted octanol–water partition coefficient (Wildman–Crippen LogP) is 3.31. The first kappa shape index (κ1) is 17.5. The Kier molecular flexibility index (Phi) is 5.22. The lowest BCUT2D eigenvalue weighted by molar-refractivity contribution is -0.117. The third-order valence-electron chi connectivity index (χ3n) is 5.24. The van der Waals surface area contributed by atoms with Crippen molar-refractivity contribution < 1.29 is 9.53 Å². The fourth-order valence-electron chi connectivity index (χ4n) is 3.81. The second-order valence-electron chi connectivity index (χ2n) is 6.97. The summed E-state index contributed by atoms with van der Waals surface area (Å²) < 4.78 is 6.11. The van der Waals surface area contributed by atoms with Crippen LogP contribution in [0.2, 0.25) is 0 Å². The topological polar surface area (TPSA) is 57.5 Å². The van der Waals surface area contributed by atoms with Gasteiger partial charge in [-0.15, -0.1) is 16.7 Å². The van der Waals surface area contributed by atoms with E-state index < -0.39 is 11.3 Å². The monoisotopic (exact) mass is 374 g/mol. The molecule has 0 bridgehead atoms. The van der Waals surface area contributed by atoms with Crippen molar-refractivity contribution in [3.05, 3.63) is 41.2 Å². The first-order chi connectivity index (χ1) is 12.7. The Morgan fingerprint density at radius 2 is 2.04 bits per heavy atom. The molecule has 0 saturated carbocycles. The first-order valence-corrected chi connectivity index (χ1v) is 9.66. The summed E-state index contributed by atoms with van der Waals surface area (Å²) in [7, 11) is 0. The zero-order valence-corrected chi connectivity index (χ0v) is 15.5. The summed E-state index contributed by atoms with van der Waals surface area (Å²) in [5.74, 6) is 0.524. The molecule has 3 aliphatic heterocycles. The number of nitrogens with zero attached hydrogens (tertiary/aromatic N) is 4. The number of benzene rings is 1. The van der Waals surface area contributed by atoms with Crippen molar-refractivity contribution in [2.24, 2.45) is 10.2 Å². The van der Waals surface area contributed by atoms with Gasteiger partial charge >= 0.3 is 0 Å². The summed E-state index contributed by atoms with van der Waals surface area (Å²) in [5.41, 5.74) is 3.09. The number of hydrogen-bond donors (Lipinski definition) is 0. The quantitative estimate of drug-likeness (QED) is 0.742. The Morgan fingerprint density at radius 1 is 1.19 bits per heavy atom. The summed E-state index contributed by atoms with van der Waals surface area (Å²) in [6.07, 6.45) is 5.52. The molecule has 3 aliphatic rings. The molecule has 26 heavy (non-hydrogen) atoms. The van der Waals surface area contributed by atoms with Gasteiger partial charge in [-0.25, -0.2) is 0 Å². The minimum absolute atomic E-state index is 0.405.